The molecule has 0 fully saturated rings. The third-order valence-corrected chi connectivity index (χ3v) is 3.73. The van der Waals surface area contributed by atoms with Gasteiger partial charge in [-0.3, -0.25) is 0 Å². The summed E-state index contributed by atoms with van der Waals surface area (Å²) in [6.07, 6.45) is -6.50. The van der Waals surface area contributed by atoms with Crippen LogP contribution in [-0.4, -0.2) is 27.1 Å². The lowest BCUT2D eigenvalue weighted by Gasteiger charge is -2.27. The minimum absolute atomic E-state index is 0.148. The van der Waals surface area contributed by atoms with Crippen molar-refractivity contribution in [2.45, 2.75) is 18.0 Å². The molecule has 0 aliphatic heterocycles. The molecule has 0 aliphatic carbocycles. The van der Waals surface area contributed by atoms with E-state index in [1.165, 1.54) is 48.5 Å². The molecule has 2 aromatic carbocycles. The van der Waals surface area contributed by atoms with E-state index in [-0.39, 0.29) is 11.1 Å². The molecule has 0 saturated heterocycles. The predicted molar refractivity (Wildman–Crippen MR) is 85.6 cm³/mol. The zero-order chi connectivity index (χ0) is 20.6. The lowest BCUT2D eigenvalue weighted by molar-refractivity contribution is -0.361. The number of aromatic nitrogens is 3. The second-order valence-electron chi connectivity index (χ2n) is 5.68. The van der Waals surface area contributed by atoms with E-state index in [9.17, 15) is 30.7 Å². The molecule has 1 aromatic heterocycles. The van der Waals surface area contributed by atoms with Gasteiger partial charge in [0.15, 0.2) is 11.6 Å². The van der Waals surface area contributed by atoms with E-state index in [1.807, 2.05) is 0 Å². The number of benzene rings is 2. The highest BCUT2D eigenvalue weighted by Gasteiger charge is 2.75. The number of nitrogens with zero attached hydrogens (tertiary/aromatic N) is 3. The number of halogens is 7. The molecule has 3 rings (SSSR count). The lowest BCUT2D eigenvalue weighted by Crippen LogP contribution is -2.50. The molecule has 0 radical (unpaired) electrons. The van der Waals surface area contributed by atoms with Crippen LogP contribution < -0.4 is 0 Å². The van der Waals surface area contributed by atoms with Gasteiger partial charge in [0.2, 0.25) is 5.82 Å². The van der Waals surface area contributed by atoms with Crippen LogP contribution in [0.1, 0.15) is 5.82 Å². The van der Waals surface area contributed by atoms with Gasteiger partial charge in [0, 0.05) is 11.1 Å². The molecule has 0 saturated carbocycles. The van der Waals surface area contributed by atoms with Crippen LogP contribution in [-0.2, 0) is 5.92 Å². The second kappa shape index (κ2) is 6.84. The van der Waals surface area contributed by atoms with Crippen molar-refractivity contribution < 1.29 is 30.7 Å². The van der Waals surface area contributed by atoms with Gasteiger partial charge in [0.1, 0.15) is 0 Å². The second-order valence-corrected chi connectivity index (χ2v) is 5.68. The molecule has 3 aromatic rings. The highest BCUT2D eigenvalue weighted by atomic mass is 19.4. The standard InChI is InChI=1S/C18H10F7N3/c19-16(20,17(21,22)18(23,24)25)15-27-13(11-7-3-1-4-8-11)26-14(28-15)12-9-5-2-6-10-12/h1-10H. The Kier molecular flexibility index (Phi) is 4.82. The molecular weight excluding hydrogens is 391 g/mol. The van der Waals surface area contributed by atoms with Gasteiger partial charge < -0.3 is 0 Å². The Morgan fingerprint density at radius 2 is 0.929 bits per heavy atom. The van der Waals surface area contributed by atoms with Crippen LogP contribution in [0.25, 0.3) is 22.8 Å². The van der Waals surface area contributed by atoms with E-state index in [4.69, 9.17) is 0 Å². The first kappa shape index (κ1) is 19.7. The monoisotopic (exact) mass is 401 g/mol. The maximum Gasteiger partial charge on any atom is 0.460 e. The molecule has 0 aliphatic rings. The Labute approximate surface area is 153 Å². The van der Waals surface area contributed by atoms with Gasteiger partial charge in [0.05, 0.1) is 0 Å². The Hall–Kier alpha value is -3.04. The van der Waals surface area contributed by atoms with Gasteiger partial charge in [-0.15, -0.1) is 0 Å². The van der Waals surface area contributed by atoms with E-state index in [1.54, 1.807) is 12.1 Å². The van der Waals surface area contributed by atoms with Crippen molar-refractivity contribution in [3.05, 3.63) is 66.5 Å². The zero-order valence-corrected chi connectivity index (χ0v) is 13.8. The quantitative estimate of drug-likeness (QED) is 0.543. The summed E-state index contributed by atoms with van der Waals surface area (Å²) in [5.41, 5.74) is 0.295. The van der Waals surface area contributed by atoms with Gasteiger partial charge in [-0.1, -0.05) is 60.7 Å². The van der Waals surface area contributed by atoms with Crippen LogP contribution in [0.4, 0.5) is 30.7 Å². The third kappa shape index (κ3) is 3.41. The van der Waals surface area contributed by atoms with Gasteiger partial charge in [-0.2, -0.15) is 30.7 Å². The SMILES string of the molecule is FC(F)(F)C(F)(F)C(F)(F)c1nc(-c2ccccc2)nc(-c2ccccc2)n1. The van der Waals surface area contributed by atoms with Crippen molar-refractivity contribution in [1.82, 2.24) is 15.0 Å². The van der Waals surface area contributed by atoms with Crippen molar-refractivity contribution in [3.63, 3.8) is 0 Å². The van der Waals surface area contributed by atoms with Crippen LogP contribution in [0.5, 0.6) is 0 Å². The Balaban J connectivity index is 2.24. The Morgan fingerprint density at radius 1 is 0.536 bits per heavy atom. The smallest absolute Gasteiger partial charge is 0.208 e. The van der Waals surface area contributed by atoms with E-state index in [2.05, 4.69) is 15.0 Å². The van der Waals surface area contributed by atoms with Crippen molar-refractivity contribution in [2.24, 2.45) is 0 Å². The summed E-state index contributed by atoms with van der Waals surface area (Å²) in [6.45, 7) is 0. The van der Waals surface area contributed by atoms with Crippen molar-refractivity contribution in [3.8, 4) is 22.8 Å². The first-order valence-corrected chi connectivity index (χ1v) is 7.74. The fraction of sp³-hybridized carbons (Fsp3) is 0.167. The van der Waals surface area contributed by atoms with E-state index < -0.39 is 35.5 Å². The maximum atomic E-state index is 14.2. The summed E-state index contributed by atoms with van der Waals surface area (Å²) < 4.78 is 93.1. The van der Waals surface area contributed by atoms with Gasteiger partial charge in [-0.25, -0.2) is 15.0 Å². The molecule has 10 heteroatoms. The third-order valence-electron chi connectivity index (χ3n) is 3.73. The summed E-state index contributed by atoms with van der Waals surface area (Å²) in [6, 6.07) is 14.8. The number of hydrogen-bond donors (Lipinski definition) is 0. The molecule has 0 unspecified atom stereocenters. The molecular formula is C18H10F7N3. The number of rotatable bonds is 4. The molecule has 0 spiro atoms. The summed E-state index contributed by atoms with van der Waals surface area (Å²) in [5, 5.41) is 0. The zero-order valence-electron chi connectivity index (χ0n) is 13.8. The highest BCUT2D eigenvalue weighted by molar-refractivity contribution is 5.60. The molecule has 0 amide bonds. The topological polar surface area (TPSA) is 38.7 Å². The predicted octanol–water partition coefficient (Wildman–Crippen LogP) is 5.50. The molecule has 0 bridgehead atoms. The molecule has 3 nitrogen and oxygen atoms in total. The normalized spacial score (nSPS) is 12.8. The largest absolute Gasteiger partial charge is 0.460 e. The molecule has 0 atom stereocenters. The molecule has 0 N–H and O–H groups in total. The maximum absolute atomic E-state index is 14.2. The average Bonchev–Trinajstić information content (AvgIpc) is 2.68. The van der Waals surface area contributed by atoms with Crippen LogP contribution in [0, 0.1) is 0 Å². The first-order valence-electron chi connectivity index (χ1n) is 7.74. The lowest BCUT2D eigenvalue weighted by atomic mass is 10.1. The van der Waals surface area contributed by atoms with Crippen molar-refractivity contribution in [1.29, 1.82) is 0 Å². The van der Waals surface area contributed by atoms with Gasteiger partial charge in [0.25, 0.3) is 0 Å². The van der Waals surface area contributed by atoms with Crippen molar-refractivity contribution >= 4 is 0 Å². The van der Waals surface area contributed by atoms with Gasteiger partial charge in [-0.05, 0) is 0 Å². The summed E-state index contributed by atoms with van der Waals surface area (Å²) in [5.74, 6) is -15.0. The summed E-state index contributed by atoms with van der Waals surface area (Å²) >= 11 is 0. The van der Waals surface area contributed by atoms with Gasteiger partial charge >= 0.3 is 18.0 Å². The van der Waals surface area contributed by atoms with E-state index >= 15 is 0 Å². The Morgan fingerprint density at radius 3 is 1.29 bits per heavy atom. The minimum Gasteiger partial charge on any atom is -0.208 e. The van der Waals surface area contributed by atoms with E-state index in [0.29, 0.717) is 0 Å². The Bertz CT molecular complexity index is 900. The number of hydrogen-bond acceptors (Lipinski definition) is 3. The van der Waals surface area contributed by atoms with Crippen LogP contribution in [0.15, 0.2) is 60.7 Å². The first-order chi connectivity index (χ1) is 13.0. The average molecular weight is 401 g/mol. The number of alkyl halides is 7. The molecule has 1 heterocycles. The minimum atomic E-state index is -6.50. The molecule has 28 heavy (non-hydrogen) atoms. The summed E-state index contributed by atoms with van der Waals surface area (Å²) in [4.78, 5) is 10.4. The fourth-order valence-corrected chi connectivity index (χ4v) is 2.27. The highest BCUT2D eigenvalue weighted by Crippen LogP contribution is 2.51. The summed E-state index contributed by atoms with van der Waals surface area (Å²) in [7, 11) is 0. The van der Waals surface area contributed by atoms with Crippen LogP contribution in [0.2, 0.25) is 0 Å². The fourth-order valence-electron chi connectivity index (χ4n) is 2.27. The van der Waals surface area contributed by atoms with E-state index in [0.717, 1.165) is 0 Å². The molecule has 146 valence electrons. The van der Waals surface area contributed by atoms with Crippen LogP contribution >= 0.6 is 0 Å². The van der Waals surface area contributed by atoms with Crippen molar-refractivity contribution in [2.75, 3.05) is 0 Å². The van der Waals surface area contributed by atoms with Crippen LogP contribution in [0.3, 0.4) is 0 Å².